The lowest BCUT2D eigenvalue weighted by Gasteiger charge is -1.98. The van der Waals surface area contributed by atoms with E-state index in [4.69, 9.17) is 5.73 Å². The molecular formula is C8H12N6. The van der Waals surface area contributed by atoms with Gasteiger partial charge in [0.1, 0.15) is 6.33 Å². The molecule has 0 aliphatic rings. The van der Waals surface area contributed by atoms with Gasteiger partial charge >= 0.3 is 0 Å². The molecule has 6 heteroatoms. The molecule has 0 aliphatic carbocycles. The van der Waals surface area contributed by atoms with E-state index in [1.54, 1.807) is 4.68 Å². The molecule has 0 aliphatic heterocycles. The average Bonchev–Trinajstić information content (AvgIpc) is 2.60. The normalized spacial score (nSPS) is 10.9. The zero-order valence-electron chi connectivity index (χ0n) is 8.01. The van der Waals surface area contributed by atoms with Crippen molar-refractivity contribution in [3.8, 4) is 0 Å². The topological polar surface area (TPSA) is 82.5 Å². The lowest BCUT2D eigenvalue weighted by molar-refractivity contribution is 0.564. The third-order valence-electron chi connectivity index (χ3n) is 2.05. The van der Waals surface area contributed by atoms with E-state index in [2.05, 4.69) is 27.2 Å². The Morgan fingerprint density at radius 3 is 3.07 bits per heavy atom. The van der Waals surface area contributed by atoms with Crippen molar-refractivity contribution in [3.63, 3.8) is 0 Å². The number of nitrogens with two attached hydrogens (primary N) is 1. The molecule has 0 radical (unpaired) electrons. The van der Waals surface area contributed by atoms with E-state index < -0.39 is 0 Å². The van der Waals surface area contributed by atoms with Gasteiger partial charge in [-0.2, -0.15) is 0 Å². The van der Waals surface area contributed by atoms with Crippen molar-refractivity contribution in [3.05, 3.63) is 6.33 Å². The van der Waals surface area contributed by atoms with Crippen LogP contribution in [0.3, 0.4) is 0 Å². The van der Waals surface area contributed by atoms with Gasteiger partial charge in [0.05, 0.1) is 0 Å². The summed E-state index contributed by atoms with van der Waals surface area (Å²) in [6.45, 7) is 2.95. The smallest absolute Gasteiger partial charge is 0.183 e. The van der Waals surface area contributed by atoms with E-state index in [0.29, 0.717) is 17.0 Å². The number of nitrogens with zero attached hydrogens (tertiary/aromatic N) is 5. The van der Waals surface area contributed by atoms with Gasteiger partial charge in [-0.1, -0.05) is 18.6 Å². The molecule has 2 N–H and O–H groups in total. The number of aryl methyl sites for hydroxylation is 1. The largest absolute Gasteiger partial charge is 0.382 e. The van der Waals surface area contributed by atoms with Crippen LogP contribution in [0.25, 0.3) is 11.2 Å². The lowest BCUT2D eigenvalue weighted by atomic mass is 10.3. The van der Waals surface area contributed by atoms with Gasteiger partial charge in [-0.15, -0.1) is 5.10 Å². The minimum absolute atomic E-state index is 0.387. The summed E-state index contributed by atoms with van der Waals surface area (Å²) in [4.78, 5) is 7.95. The van der Waals surface area contributed by atoms with Gasteiger partial charge in [-0.3, -0.25) is 0 Å². The highest BCUT2D eigenvalue weighted by atomic mass is 15.4. The van der Waals surface area contributed by atoms with Gasteiger partial charge in [0.2, 0.25) is 0 Å². The van der Waals surface area contributed by atoms with E-state index in [1.165, 1.54) is 6.33 Å². The number of anilines is 1. The second-order valence-electron chi connectivity index (χ2n) is 3.10. The summed E-state index contributed by atoms with van der Waals surface area (Å²) < 4.78 is 1.76. The number of nitrogen functional groups attached to an aromatic ring is 1. The first-order valence-electron chi connectivity index (χ1n) is 4.62. The molecule has 74 valence electrons. The number of aromatic nitrogens is 5. The first kappa shape index (κ1) is 8.86. The molecule has 14 heavy (non-hydrogen) atoms. The van der Waals surface area contributed by atoms with Crippen LogP contribution in [0, 0.1) is 0 Å². The first-order valence-corrected chi connectivity index (χ1v) is 4.62. The van der Waals surface area contributed by atoms with Crippen molar-refractivity contribution in [2.45, 2.75) is 26.3 Å². The summed E-state index contributed by atoms with van der Waals surface area (Å²) in [6.07, 6.45) is 3.60. The molecule has 0 bridgehead atoms. The van der Waals surface area contributed by atoms with Crippen molar-refractivity contribution in [2.24, 2.45) is 0 Å². The number of fused-ring (bicyclic) bond motifs is 1. The molecule has 6 nitrogen and oxygen atoms in total. The highest BCUT2D eigenvalue weighted by molar-refractivity contribution is 5.80. The van der Waals surface area contributed by atoms with Crippen LogP contribution < -0.4 is 5.73 Å². The van der Waals surface area contributed by atoms with Gasteiger partial charge in [0, 0.05) is 6.54 Å². The van der Waals surface area contributed by atoms with Crippen LogP contribution in [-0.4, -0.2) is 25.0 Å². The fourth-order valence-electron chi connectivity index (χ4n) is 1.27. The van der Waals surface area contributed by atoms with Crippen molar-refractivity contribution in [1.82, 2.24) is 25.0 Å². The van der Waals surface area contributed by atoms with Crippen LogP contribution in [0.5, 0.6) is 0 Å². The zero-order valence-corrected chi connectivity index (χ0v) is 8.01. The van der Waals surface area contributed by atoms with Crippen molar-refractivity contribution in [2.75, 3.05) is 5.73 Å². The van der Waals surface area contributed by atoms with E-state index in [0.717, 1.165) is 19.4 Å². The Hall–Kier alpha value is -1.72. The SMILES string of the molecule is CCCCn1nnc2c(N)ncnc21. The highest BCUT2D eigenvalue weighted by Crippen LogP contribution is 2.12. The highest BCUT2D eigenvalue weighted by Gasteiger charge is 2.08. The number of unbranched alkanes of at least 4 members (excludes halogenated alkanes) is 1. The Bertz CT molecular complexity index is 434. The fourth-order valence-corrected chi connectivity index (χ4v) is 1.27. The molecule has 0 saturated heterocycles. The summed E-state index contributed by atoms with van der Waals surface area (Å²) >= 11 is 0. The molecule has 2 rings (SSSR count). The van der Waals surface area contributed by atoms with E-state index >= 15 is 0 Å². The minimum Gasteiger partial charge on any atom is -0.382 e. The third kappa shape index (κ3) is 1.39. The van der Waals surface area contributed by atoms with E-state index in [9.17, 15) is 0 Å². The first-order chi connectivity index (χ1) is 6.83. The second kappa shape index (κ2) is 3.57. The maximum atomic E-state index is 5.63. The van der Waals surface area contributed by atoms with Crippen molar-refractivity contribution < 1.29 is 0 Å². The van der Waals surface area contributed by atoms with Crippen LogP contribution in [-0.2, 0) is 6.54 Å². The number of hydrogen-bond donors (Lipinski definition) is 1. The molecule has 0 fully saturated rings. The number of rotatable bonds is 3. The molecule has 0 aromatic carbocycles. The predicted octanol–water partition coefficient (Wildman–Crippen LogP) is 0.604. The summed E-state index contributed by atoms with van der Waals surface area (Å²) in [6, 6.07) is 0. The fraction of sp³-hybridized carbons (Fsp3) is 0.500. The van der Waals surface area contributed by atoms with Crippen molar-refractivity contribution in [1.29, 1.82) is 0 Å². The molecule has 0 saturated carbocycles. The number of hydrogen-bond acceptors (Lipinski definition) is 5. The Kier molecular flexibility index (Phi) is 2.26. The standard InChI is InChI=1S/C8H12N6/c1-2-3-4-14-8-6(12-13-14)7(9)10-5-11-8/h5H,2-4H2,1H3,(H2,9,10,11). The molecule has 2 heterocycles. The zero-order chi connectivity index (χ0) is 9.97. The van der Waals surface area contributed by atoms with Crippen molar-refractivity contribution >= 4 is 17.0 Å². The molecule has 0 unspecified atom stereocenters. The van der Waals surface area contributed by atoms with Gasteiger partial charge < -0.3 is 5.73 Å². The maximum Gasteiger partial charge on any atom is 0.183 e. The molecule has 0 amide bonds. The van der Waals surface area contributed by atoms with Crippen LogP contribution in [0.2, 0.25) is 0 Å². The van der Waals surface area contributed by atoms with Gasteiger partial charge in [0.15, 0.2) is 17.0 Å². The van der Waals surface area contributed by atoms with E-state index in [-0.39, 0.29) is 0 Å². The summed E-state index contributed by atoms with van der Waals surface area (Å²) in [5, 5.41) is 7.91. The minimum atomic E-state index is 0.387. The summed E-state index contributed by atoms with van der Waals surface area (Å²) in [7, 11) is 0. The van der Waals surface area contributed by atoms with E-state index in [1.807, 2.05) is 0 Å². The van der Waals surface area contributed by atoms with Crippen LogP contribution in [0.15, 0.2) is 6.33 Å². The maximum absolute atomic E-state index is 5.63. The molecule has 2 aromatic rings. The van der Waals surface area contributed by atoms with Crippen LogP contribution in [0.4, 0.5) is 5.82 Å². The molecular weight excluding hydrogens is 180 g/mol. The molecule has 2 aromatic heterocycles. The van der Waals surface area contributed by atoms with Gasteiger partial charge in [0.25, 0.3) is 0 Å². The Morgan fingerprint density at radius 2 is 2.29 bits per heavy atom. The Morgan fingerprint density at radius 1 is 1.43 bits per heavy atom. The van der Waals surface area contributed by atoms with Gasteiger partial charge in [-0.25, -0.2) is 14.6 Å². The van der Waals surface area contributed by atoms with Gasteiger partial charge in [-0.05, 0) is 6.42 Å². The second-order valence-corrected chi connectivity index (χ2v) is 3.10. The molecule has 0 spiro atoms. The summed E-state index contributed by atoms with van der Waals surface area (Å²) in [5.74, 6) is 0.387. The Balaban J connectivity index is 2.42. The monoisotopic (exact) mass is 192 g/mol. The summed E-state index contributed by atoms with van der Waals surface area (Å²) in [5.41, 5.74) is 6.93. The van der Waals surface area contributed by atoms with Crippen LogP contribution >= 0.6 is 0 Å². The van der Waals surface area contributed by atoms with Crippen LogP contribution in [0.1, 0.15) is 19.8 Å². The quantitative estimate of drug-likeness (QED) is 0.770. The third-order valence-corrected chi connectivity index (χ3v) is 2.05. The molecule has 0 atom stereocenters. The lowest BCUT2D eigenvalue weighted by Crippen LogP contribution is -2.01. The Labute approximate surface area is 81.1 Å². The predicted molar refractivity (Wildman–Crippen MR) is 52.4 cm³/mol. The average molecular weight is 192 g/mol.